The van der Waals surface area contributed by atoms with Crippen molar-refractivity contribution in [2.24, 2.45) is 0 Å². The third-order valence-corrected chi connectivity index (χ3v) is 3.59. The van der Waals surface area contributed by atoms with Gasteiger partial charge in [-0.3, -0.25) is 4.79 Å². The van der Waals surface area contributed by atoms with Gasteiger partial charge in [0.2, 0.25) is 0 Å². The lowest BCUT2D eigenvalue weighted by atomic mass is 10.1. The molecule has 1 atom stereocenters. The smallest absolute Gasteiger partial charge is 0.253 e. The van der Waals surface area contributed by atoms with Crippen LogP contribution in [0.5, 0.6) is 0 Å². The molecule has 1 aliphatic heterocycles. The molecule has 0 saturated carbocycles. The van der Waals surface area contributed by atoms with E-state index in [0.29, 0.717) is 12.1 Å². The summed E-state index contributed by atoms with van der Waals surface area (Å²) >= 11 is 4.28. The number of piperidine rings is 1. The van der Waals surface area contributed by atoms with Crippen molar-refractivity contribution in [2.45, 2.75) is 37.2 Å². The number of amides is 1. The van der Waals surface area contributed by atoms with Gasteiger partial charge in [-0.2, -0.15) is 0 Å². The van der Waals surface area contributed by atoms with Gasteiger partial charge in [-0.05, 0) is 37.5 Å². The van der Waals surface area contributed by atoms with E-state index in [2.05, 4.69) is 19.6 Å². The number of nitrogens with zero attached hydrogens (tertiary/aromatic N) is 1. The zero-order valence-electron chi connectivity index (χ0n) is 11.3. The van der Waals surface area contributed by atoms with Crippen LogP contribution in [-0.2, 0) is 4.74 Å². The van der Waals surface area contributed by atoms with E-state index >= 15 is 0 Å². The first-order chi connectivity index (χ1) is 9.20. The third kappa shape index (κ3) is 3.98. The summed E-state index contributed by atoms with van der Waals surface area (Å²) in [6.07, 6.45) is 3.28. The molecule has 2 rings (SSSR count). The molecule has 4 heteroatoms. The van der Waals surface area contributed by atoms with Crippen molar-refractivity contribution in [3.63, 3.8) is 0 Å². The molecule has 104 valence electrons. The van der Waals surface area contributed by atoms with Gasteiger partial charge < -0.3 is 9.64 Å². The summed E-state index contributed by atoms with van der Waals surface area (Å²) in [4.78, 5) is 15.1. The van der Waals surface area contributed by atoms with E-state index in [1.807, 2.05) is 29.2 Å². The van der Waals surface area contributed by atoms with Gasteiger partial charge in [0.15, 0.2) is 0 Å². The topological polar surface area (TPSA) is 29.5 Å². The molecule has 0 aromatic heterocycles. The number of hydrogen-bond donors (Lipinski definition) is 1. The van der Waals surface area contributed by atoms with Crippen LogP contribution in [0.25, 0.3) is 0 Å². The Hall–Kier alpha value is -1.00. The molecule has 1 heterocycles. The van der Waals surface area contributed by atoms with Crippen LogP contribution in [0.4, 0.5) is 0 Å². The number of benzene rings is 1. The average molecular weight is 279 g/mol. The van der Waals surface area contributed by atoms with Crippen molar-refractivity contribution in [3.05, 3.63) is 29.8 Å². The lowest BCUT2D eigenvalue weighted by molar-refractivity contribution is 0.00210. The minimum absolute atomic E-state index is 0.0840. The van der Waals surface area contributed by atoms with E-state index in [0.717, 1.165) is 37.3 Å². The van der Waals surface area contributed by atoms with Crippen LogP contribution >= 0.6 is 12.6 Å². The van der Waals surface area contributed by atoms with Gasteiger partial charge in [-0.25, -0.2) is 0 Å². The van der Waals surface area contributed by atoms with Crippen LogP contribution in [0, 0.1) is 0 Å². The quantitative estimate of drug-likeness (QED) is 0.859. The van der Waals surface area contributed by atoms with Crippen LogP contribution in [0.1, 0.15) is 36.5 Å². The zero-order valence-corrected chi connectivity index (χ0v) is 12.2. The van der Waals surface area contributed by atoms with E-state index in [9.17, 15) is 4.79 Å². The fourth-order valence-electron chi connectivity index (χ4n) is 2.36. The molecule has 1 aromatic rings. The maximum absolute atomic E-state index is 12.4. The normalized spacial score (nSPS) is 19.5. The first kappa shape index (κ1) is 14.4. The first-order valence-electron chi connectivity index (χ1n) is 6.90. The molecule has 0 spiro atoms. The molecule has 0 radical (unpaired) electrons. The molecule has 1 aromatic carbocycles. The second-order valence-electron chi connectivity index (χ2n) is 4.94. The summed E-state index contributed by atoms with van der Waals surface area (Å²) in [6.45, 7) is 4.40. The van der Waals surface area contributed by atoms with Gasteiger partial charge in [0, 0.05) is 30.2 Å². The highest BCUT2D eigenvalue weighted by molar-refractivity contribution is 7.80. The molecule has 0 bridgehead atoms. The maximum Gasteiger partial charge on any atom is 0.253 e. The highest BCUT2D eigenvalue weighted by Crippen LogP contribution is 2.17. The molecule has 19 heavy (non-hydrogen) atoms. The summed E-state index contributed by atoms with van der Waals surface area (Å²) in [6, 6.07) is 7.41. The van der Waals surface area contributed by atoms with Crippen molar-refractivity contribution in [1.29, 1.82) is 0 Å². The monoisotopic (exact) mass is 279 g/mol. The van der Waals surface area contributed by atoms with E-state index in [4.69, 9.17) is 4.74 Å². The Kier molecular flexibility index (Phi) is 5.28. The minimum atomic E-state index is 0.0840. The summed E-state index contributed by atoms with van der Waals surface area (Å²) < 4.78 is 5.76. The van der Waals surface area contributed by atoms with E-state index in [-0.39, 0.29) is 12.0 Å². The number of likely N-dealkylation sites (tertiary alicyclic amines) is 1. The standard InChI is InChI=1S/C15H21NO2S/c1-2-9-18-13-6-4-8-16(11-13)15(17)12-5-3-7-14(19)10-12/h3,5,7,10,13,19H,2,4,6,8-9,11H2,1H3. The van der Waals surface area contributed by atoms with Crippen molar-refractivity contribution < 1.29 is 9.53 Å². The average Bonchev–Trinajstić information content (AvgIpc) is 2.44. The molecule has 1 amide bonds. The van der Waals surface area contributed by atoms with E-state index in [1.54, 1.807) is 0 Å². The van der Waals surface area contributed by atoms with Crippen LogP contribution in [0.2, 0.25) is 0 Å². The number of thiol groups is 1. The minimum Gasteiger partial charge on any atom is -0.376 e. The van der Waals surface area contributed by atoms with Gasteiger partial charge in [0.05, 0.1) is 6.10 Å². The summed E-state index contributed by atoms with van der Waals surface area (Å²) in [5, 5.41) is 0. The third-order valence-electron chi connectivity index (χ3n) is 3.32. The van der Waals surface area contributed by atoms with Crippen molar-refractivity contribution in [3.8, 4) is 0 Å². The highest BCUT2D eigenvalue weighted by Gasteiger charge is 2.24. The lowest BCUT2D eigenvalue weighted by Gasteiger charge is -2.32. The highest BCUT2D eigenvalue weighted by atomic mass is 32.1. The Bertz CT molecular complexity index is 436. The molecule has 1 saturated heterocycles. The number of carbonyl (C=O) groups is 1. The zero-order chi connectivity index (χ0) is 13.7. The lowest BCUT2D eigenvalue weighted by Crippen LogP contribution is -2.43. The molecule has 1 fully saturated rings. The van der Waals surface area contributed by atoms with Crippen molar-refractivity contribution in [1.82, 2.24) is 4.90 Å². The maximum atomic E-state index is 12.4. The number of hydrogen-bond acceptors (Lipinski definition) is 3. The first-order valence-corrected chi connectivity index (χ1v) is 7.35. The molecule has 0 N–H and O–H groups in total. The van der Waals surface area contributed by atoms with Gasteiger partial charge >= 0.3 is 0 Å². The van der Waals surface area contributed by atoms with Gasteiger partial charge in [0.25, 0.3) is 5.91 Å². The van der Waals surface area contributed by atoms with Crippen molar-refractivity contribution >= 4 is 18.5 Å². The number of ether oxygens (including phenoxy) is 1. The van der Waals surface area contributed by atoms with E-state index < -0.39 is 0 Å². The van der Waals surface area contributed by atoms with E-state index in [1.165, 1.54) is 0 Å². The van der Waals surface area contributed by atoms with Gasteiger partial charge in [-0.15, -0.1) is 12.6 Å². The second-order valence-corrected chi connectivity index (χ2v) is 5.45. The molecular formula is C15H21NO2S. The van der Waals surface area contributed by atoms with Crippen LogP contribution < -0.4 is 0 Å². The second kappa shape index (κ2) is 6.96. The Morgan fingerprint density at radius 3 is 3.11 bits per heavy atom. The predicted octanol–water partition coefficient (Wildman–Crippen LogP) is 3.01. The molecule has 0 aliphatic carbocycles. The van der Waals surface area contributed by atoms with Crippen LogP contribution in [-0.4, -0.2) is 36.6 Å². The Balaban J connectivity index is 1.99. The van der Waals surface area contributed by atoms with Gasteiger partial charge in [-0.1, -0.05) is 13.0 Å². The number of rotatable bonds is 4. The molecular weight excluding hydrogens is 258 g/mol. The molecule has 1 aliphatic rings. The summed E-state index contributed by atoms with van der Waals surface area (Å²) in [5.74, 6) is 0.0840. The summed E-state index contributed by atoms with van der Waals surface area (Å²) in [7, 11) is 0. The number of carbonyl (C=O) groups excluding carboxylic acids is 1. The van der Waals surface area contributed by atoms with Crippen LogP contribution in [0.3, 0.4) is 0 Å². The SMILES string of the molecule is CCCOC1CCCN(C(=O)c2cccc(S)c2)C1. The Morgan fingerprint density at radius 1 is 1.53 bits per heavy atom. The Morgan fingerprint density at radius 2 is 2.37 bits per heavy atom. The Labute approximate surface area is 120 Å². The van der Waals surface area contributed by atoms with Gasteiger partial charge in [0.1, 0.15) is 0 Å². The summed E-state index contributed by atoms with van der Waals surface area (Å²) in [5.41, 5.74) is 0.712. The van der Waals surface area contributed by atoms with Crippen molar-refractivity contribution in [2.75, 3.05) is 19.7 Å². The largest absolute Gasteiger partial charge is 0.376 e. The predicted molar refractivity (Wildman–Crippen MR) is 78.9 cm³/mol. The fraction of sp³-hybridized carbons (Fsp3) is 0.533. The van der Waals surface area contributed by atoms with Crippen LogP contribution in [0.15, 0.2) is 29.2 Å². The molecule has 1 unspecified atom stereocenters. The molecule has 3 nitrogen and oxygen atoms in total. The fourth-order valence-corrected chi connectivity index (χ4v) is 2.59.